The fourth-order valence-electron chi connectivity index (χ4n) is 3.12. The average Bonchev–Trinajstić information content (AvgIpc) is 3.35. The number of methoxy groups -OCH3 is 1. The van der Waals surface area contributed by atoms with E-state index in [1.165, 1.54) is 18.4 Å². The summed E-state index contributed by atoms with van der Waals surface area (Å²) in [6.45, 7) is 3.91. The number of aldehydes is 1. The number of thiazole rings is 1. The van der Waals surface area contributed by atoms with E-state index in [1.54, 1.807) is 25.3 Å². The summed E-state index contributed by atoms with van der Waals surface area (Å²) in [5.74, 6) is -1.44. The van der Waals surface area contributed by atoms with Crippen LogP contribution >= 0.6 is 11.3 Å². The fourth-order valence-corrected chi connectivity index (χ4v) is 4.12. The number of phenolic OH excluding ortho intramolecular Hbond substituents is 1. The van der Waals surface area contributed by atoms with Crippen LogP contribution in [0.3, 0.4) is 0 Å². The maximum Gasteiger partial charge on any atom is 0.178 e. The standard InChI is InChI=1S/C24H17F2NO4S.C2H6.CH5N/c1-30-17-7-5-14(6-8-17)23-24(15-3-2-4-16(29)11-15)32-21(27-23)13-31-20-10-9-19(25)18(12-28)22(20)26;2*1-2/h2-12,29H,13H2,1H3;1-2H3;2H2,1H3. The van der Waals surface area contributed by atoms with E-state index in [9.17, 15) is 18.7 Å². The van der Waals surface area contributed by atoms with Crippen LogP contribution in [-0.4, -0.2) is 30.5 Å². The van der Waals surface area contributed by atoms with E-state index in [2.05, 4.69) is 10.7 Å². The predicted octanol–water partition coefficient (Wildman–Crippen LogP) is 6.46. The summed E-state index contributed by atoms with van der Waals surface area (Å²) in [4.78, 5) is 16.4. The Balaban J connectivity index is 0.00000109. The van der Waals surface area contributed by atoms with Gasteiger partial charge in [0.2, 0.25) is 0 Å². The molecule has 3 N–H and O–H groups in total. The monoisotopic (exact) mass is 514 g/mol. The SMILES string of the molecule is CC.CN.COc1ccc(-c2nc(COc3ccc(F)c(C=O)c3F)sc2-c2cccc(O)c2)cc1. The summed E-state index contributed by atoms with van der Waals surface area (Å²) in [5, 5.41) is 10.4. The molecule has 4 aromatic rings. The van der Waals surface area contributed by atoms with Crippen LogP contribution in [-0.2, 0) is 6.61 Å². The number of phenols is 1. The third-order valence-electron chi connectivity index (χ3n) is 4.70. The zero-order valence-corrected chi connectivity index (χ0v) is 21.2. The van der Waals surface area contributed by atoms with Gasteiger partial charge in [-0.15, -0.1) is 11.3 Å². The quantitative estimate of drug-likeness (QED) is 0.275. The van der Waals surface area contributed by atoms with Gasteiger partial charge in [0.1, 0.15) is 28.9 Å². The summed E-state index contributed by atoms with van der Waals surface area (Å²) in [5.41, 5.74) is 6.06. The van der Waals surface area contributed by atoms with Crippen LogP contribution in [0.4, 0.5) is 8.78 Å². The lowest BCUT2D eigenvalue weighted by Crippen LogP contribution is -2.01. The number of aromatic hydroxyl groups is 1. The van der Waals surface area contributed by atoms with Crippen molar-refractivity contribution in [2.24, 2.45) is 5.73 Å². The Kier molecular flexibility index (Phi) is 11.0. The first-order valence-electron chi connectivity index (χ1n) is 11.1. The Morgan fingerprint density at radius 3 is 2.33 bits per heavy atom. The maximum absolute atomic E-state index is 14.3. The second-order valence-corrected chi connectivity index (χ2v) is 7.83. The highest BCUT2D eigenvalue weighted by Gasteiger charge is 2.18. The largest absolute Gasteiger partial charge is 0.508 e. The van der Waals surface area contributed by atoms with Crippen molar-refractivity contribution < 1.29 is 28.2 Å². The van der Waals surface area contributed by atoms with E-state index in [0.717, 1.165) is 28.1 Å². The maximum atomic E-state index is 14.3. The number of halogens is 2. The molecule has 0 aliphatic heterocycles. The van der Waals surface area contributed by atoms with Gasteiger partial charge in [-0.2, -0.15) is 0 Å². The van der Waals surface area contributed by atoms with Gasteiger partial charge in [0.25, 0.3) is 0 Å². The van der Waals surface area contributed by atoms with Crippen molar-refractivity contribution in [1.29, 1.82) is 0 Å². The third kappa shape index (κ3) is 6.65. The van der Waals surface area contributed by atoms with Crippen molar-refractivity contribution in [3.05, 3.63) is 82.9 Å². The first kappa shape index (κ1) is 28.4. The van der Waals surface area contributed by atoms with Crippen molar-refractivity contribution >= 4 is 17.6 Å². The molecule has 0 amide bonds. The van der Waals surface area contributed by atoms with Crippen molar-refractivity contribution in [3.63, 3.8) is 0 Å². The second kappa shape index (κ2) is 13.9. The first-order chi connectivity index (χ1) is 17.5. The van der Waals surface area contributed by atoms with Crippen LogP contribution in [0, 0.1) is 11.6 Å². The van der Waals surface area contributed by atoms with E-state index in [4.69, 9.17) is 9.47 Å². The highest BCUT2D eigenvalue weighted by molar-refractivity contribution is 7.15. The van der Waals surface area contributed by atoms with E-state index in [1.807, 2.05) is 44.2 Å². The molecule has 0 saturated carbocycles. The minimum atomic E-state index is -1.06. The topological polar surface area (TPSA) is 94.7 Å². The lowest BCUT2D eigenvalue weighted by Gasteiger charge is -2.07. The molecule has 0 aliphatic carbocycles. The van der Waals surface area contributed by atoms with Crippen LogP contribution in [0.15, 0.2) is 60.7 Å². The number of carbonyl (C=O) groups is 1. The van der Waals surface area contributed by atoms with Gasteiger partial charge < -0.3 is 20.3 Å². The molecule has 0 spiro atoms. The molecule has 36 heavy (non-hydrogen) atoms. The van der Waals surface area contributed by atoms with Crippen molar-refractivity contribution in [3.8, 4) is 38.9 Å². The number of hydrogen-bond acceptors (Lipinski definition) is 7. The molecule has 0 radical (unpaired) electrons. The van der Waals surface area contributed by atoms with Crippen LogP contribution in [0.25, 0.3) is 21.7 Å². The number of hydrogen-bond donors (Lipinski definition) is 2. The highest BCUT2D eigenvalue weighted by Crippen LogP contribution is 2.39. The highest BCUT2D eigenvalue weighted by atomic mass is 32.1. The number of ether oxygens (including phenoxy) is 2. The number of aromatic nitrogens is 1. The first-order valence-corrected chi connectivity index (χ1v) is 11.9. The lowest BCUT2D eigenvalue weighted by atomic mass is 10.1. The molecular weight excluding hydrogens is 486 g/mol. The van der Waals surface area contributed by atoms with Crippen molar-refractivity contribution in [1.82, 2.24) is 4.98 Å². The molecule has 6 nitrogen and oxygen atoms in total. The second-order valence-electron chi connectivity index (χ2n) is 6.74. The third-order valence-corrected chi connectivity index (χ3v) is 5.78. The Bertz CT molecular complexity index is 1280. The predicted molar refractivity (Wildman–Crippen MR) is 139 cm³/mol. The molecule has 0 saturated heterocycles. The van der Waals surface area contributed by atoms with Gasteiger partial charge in [-0.25, -0.2) is 13.8 Å². The van der Waals surface area contributed by atoms with Crippen molar-refractivity contribution in [2.45, 2.75) is 20.5 Å². The molecule has 1 heterocycles. The summed E-state index contributed by atoms with van der Waals surface area (Å²) in [6.07, 6.45) is 0.114. The molecule has 4 rings (SSSR count). The van der Waals surface area contributed by atoms with Gasteiger partial charge in [-0.3, -0.25) is 4.79 Å². The molecule has 9 heteroatoms. The number of benzene rings is 3. The van der Waals surface area contributed by atoms with Gasteiger partial charge >= 0.3 is 0 Å². The van der Waals surface area contributed by atoms with Gasteiger partial charge in [-0.05, 0) is 61.1 Å². The number of carbonyl (C=O) groups excluding carboxylic acids is 1. The summed E-state index contributed by atoms with van der Waals surface area (Å²) < 4.78 is 38.6. The number of rotatable bonds is 7. The Labute approximate surface area is 213 Å². The molecular formula is C27H28F2N2O4S. The Morgan fingerprint density at radius 1 is 1.03 bits per heavy atom. The van der Waals surface area contributed by atoms with Crippen LogP contribution in [0.1, 0.15) is 29.2 Å². The summed E-state index contributed by atoms with van der Waals surface area (Å²) in [6, 6.07) is 16.2. The molecule has 3 aromatic carbocycles. The van der Waals surface area contributed by atoms with E-state index < -0.39 is 17.2 Å². The van der Waals surface area contributed by atoms with E-state index in [-0.39, 0.29) is 24.4 Å². The van der Waals surface area contributed by atoms with Gasteiger partial charge in [0.15, 0.2) is 17.9 Å². The van der Waals surface area contributed by atoms with Crippen molar-refractivity contribution in [2.75, 3.05) is 14.2 Å². The Hall–Kier alpha value is -3.82. The number of nitrogens with two attached hydrogens (primary N) is 1. The molecule has 1 aromatic heterocycles. The molecule has 0 fully saturated rings. The summed E-state index contributed by atoms with van der Waals surface area (Å²) >= 11 is 1.32. The summed E-state index contributed by atoms with van der Waals surface area (Å²) in [7, 11) is 3.08. The minimum absolute atomic E-state index is 0.0898. The average molecular weight is 515 g/mol. The Morgan fingerprint density at radius 2 is 1.72 bits per heavy atom. The van der Waals surface area contributed by atoms with Crippen LogP contribution < -0.4 is 15.2 Å². The molecule has 0 unspecified atom stereocenters. The van der Waals surface area contributed by atoms with E-state index >= 15 is 0 Å². The zero-order valence-electron chi connectivity index (χ0n) is 20.4. The van der Waals surface area contributed by atoms with Crippen LogP contribution in [0.2, 0.25) is 0 Å². The zero-order chi connectivity index (χ0) is 26.7. The van der Waals surface area contributed by atoms with Crippen LogP contribution in [0.5, 0.6) is 17.2 Å². The fraction of sp³-hybridized carbons (Fsp3) is 0.185. The number of nitrogens with zero attached hydrogens (tertiary/aromatic N) is 1. The van der Waals surface area contributed by atoms with E-state index in [0.29, 0.717) is 16.5 Å². The van der Waals surface area contributed by atoms with Gasteiger partial charge in [0.05, 0.1) is 23.2 Å². The minimum Gasteiger partial charge on any atom is -0.508 e. The molecule has 0 aliphatic rings. The molecule has 0 atom stereocenters. The van der Waals surface area contributed by atoms with Gasteiger partial charge in [0, 0.05) is 5.56 Å². The van der Waals surface area contributed by atoms with Gasteiger partial charge in [-0.1, -0.05) is 26.0 Å². The molecule has 0 bridgehead atoms. The smallest absolute Gasteiger partial charge is 0.178 e. The lowest BCUT2D eigenvalue weighted by molar-refractivity contribution is 0.111. The molecule has 190 valence electrons. The normalized spacial score (nSPS) is 9.86.